The van der Waals surface area contributed by atoms with Gasteiger partial charge in [-0.1, -0.05) is 15.9 Å². The number of anilines is 2. The van der Waals surface area contributed by atoms with E-state index in [1.54, 1.807) is 0 Å². The topological polar surface area (TPSA) is 70.2 Å². The zero-order valence-corrected chi connectivity index (χ0v) is 19.2. The Hall–Kier alpha value is -2.15. The average Bonchev–Trinajstić information content (AvgIpc) is 2.70. The second-order valence-corrected chi connectivity index (χ2v) is 8.98. The first-order chi connectivity index (χ1) is 13.8. The van der Waals surface area contributed by atoms with Crippen molar-refractivity contribution in [3.05, 3.63) is 45.6 Å². The van der Waals surface area contributed by atoms with Crippen molar-refractivity contribution in [3.63, 3.8) is 0 Å². The number of amides is 1. The fourth-order valence-electron chi connectivity index (χ4n) is 3.77. The number of nitrogens with zero attached hydrogens (tertiary/aromatic N) is 3. The molecular formula is C22H30BrN5O. The molecule has 1 aromatic carbocycles. The van der Waals surface area contributed by atoms with E-state index < -0.39 is 0 Å². The third-order valence-corrected chi connectivity index (χ3v) is 6.41. The Kier molecular flexibility index (Phi) is 7.11. The zero-order valence-electron chi connectivity index (χ0n) is 17.6. The molecule has 1 amide bonds. The second kappa shape index (κ2) is 9.57. The molecule has 1 saturated carbocycles. The number of halogens is 1. The molecule has 0 unspecified atom stereocenters. The summed E-state index contributed by atoms with van der Waals surface area (Å²) in [6.07, 6.45) is 6.17. The van der Waals surface area contributed by atoms with E-state index in [0.717, 1.165) is 53.6 Å². The Labute approximate surface area is 181 Å². The number of nitrogens with one attached hydrogen (secondary N) is 2. The number of hydrogen-bond donors (Lipinski definition) is 2. The number of aryl methyl sites for hydroxylation is 2. The van der Waals surface area contributed by atoms with Gasteiger partial charge >= 0.3 is 0 Å². The van der Waals surface area contributed by atoms with Gasteiger partial charge in [0.05, 0.1) is 0 Å². The van der Waals surface area contributed by atoms with Crippen LogP contribution in [0.5, 0.6) is 0 Å². The van der Waals surface area contributed by atoms with Crippen LogP contribution >= 0.6 is 15.9 Å². The molecule has 0 radical (unpaired) electrons. The predicted molar refractivity (Wildman–Crippen MR) is 122 cm³/mol. The van der Waals surface area contributed by atoms with Gasteiger partial charge in [-0.15, -0.1) is 0 Å². The van der Waals surface area contributed by atoms with E-state index in [1.165, 1.54) is 0 Å². The van der Waals surface area contributed by atoms with Gasteiger partial charge in [0.2, 0.25) is 5.95 Å². The number of carbonyl (C=O) groups is 1. The molecule has 1 aliphatic rings. The number of benzene rings is 1. The molecule has 0 spiro atoms. The molecule has 7 heteroatoms. The minimum absolute atomic E-state index is 0.00474. The summed E-state index contributed by atoms with van der Waals surface area (Å²) >= 11 is 3.47. The van der Waals surface area contributed by atoms with Crippen LogP contribution < -0.4 is 15.5 Å². The lowest BCUT2D eigenvalue weighted by molar-refractivity contribution is 0.0943. The van der Waals surface area contributed by atoms with Crippen LogP contribution in [0, 0.1) is 19.8 Å². The maximum atomic E-state index is 12.4. The molecule has 156 valence electrons. The normalized spacial score (nSPS) is 18.9. The molecule has 0 aliphatic heterocycles. The van der Waals surface area contributed by atoms with Crippen molar-refractivity contribution in [2.24, 2.45) is 5.92 Å². The van der Waals surface area contributed by atoms with Crippen LogP contribution in [0.4, 0.5) is 11.8 Å². The van der Waals surface area contributed by atoms with Gasteiger partial charge in [0.25, 0.3) is 5.91 Å². The van der Waals surface area contributed by atoms with Crippen LogP contribution in [-0.4, -0.2) is 42.6 Å². The summed E-state index contributed by atoms with van der Waals surface area (Å²) in [5.74, 6) is 2.17. The number of carbonyl (C=O) groups excluding carboxylic acids is 1. The maximum absolute atomic E-state index is 12.4. The SMILES string of the molecule is Cc1cc(C(=O)NCC2CCC(Nc3ncc(C)c(N(C)C)n3)CC2)ccc1Br. The molecule has 29 heavy (non-hydrogen) atoms. The summed E-state index contributed by atoms with van der Waals surface area (Å²) in [5, 5.41) is 6.59. The smallest absolute Gasteiger partial charge is 0.251 e. The summed E-state index contributed by atoms with van der Waals surface area (Å²) in [6, 6.07) is 6.09. The largest absolute Gasteiger partial charge is 0.362 e. The molecule has 2 aromatic rings. The monoisotopic (exact) mass is 459 g/mol. The van der Waals surface area contributed by atoms with Crippen LogP contribution in [0.25, 0.3) is 0 Å². The van der Waals surface area contributed by atoms with Crippen molar-refractivity contribution in [3.8, 4) is 0 Å². The van der Waals surface area contributed by atoms with Crippen molar-refractivity contribution in [1.82, 2.24) is 15.3 Å². The molecule has 0 saturated heterocycles. The highest BCUT2D eigenvalue weighted by molar-refractivity contribution is 9.10. The summed E-state index contributed by atoms with van der Waals surface area (Å²) < 4.78 is 1.02. The highest BCUT2D eigenvalue weighted by Gasteiger charge is 2.22. The molecule has 0 bridgehead atoms. The van der Waals surface area contributed by atoms with E-state index in [-0.39, 0.29) is 5.91 Å². The van der Waals surface area contributed by atoms with Gasteiger partial charge in [0.1, 0.15) is 5.82 Å². The van der Waals surface area contributed by atoms with Gasteiger partial charge in [-0.2, -0.15) is 4.98 Å². The standard InChI is InChI=1S/C22H30BrN5O/c1-14-11-17(7-10-19(14)23)21(29)24-13-16-5-8-18(9-6-16)26-22-25-12-15(2)20(27-22)28(3)4/h7,10-12,16,18H,5-6,8-9,13H2,1-4H3,(H,24,29)(H,25,26,27). The Morgan fingerprint density at radius 2 is 1.90 bits per heavy atom. The fraction of sp³-hybridized carbons (Fsp3) is 0.500. The van der Waals surface area contributed by atoms with Gasteiger partial charge < -0.3 is 15.5 Å². The Balaban J connectivity index is 1.46. The lowest BCUT2D eigenvalue weighted by Gasteiger charge is -2.29. The zero-order chi connectivity index (χ0) is 21.0. The highest BCUT2D eigenvalue weighted by Crippen LogP contribution is 2.26. The van der Waals surface area contributed by atoms with Gasteiger partial charge in [-0.25, -0.2) is 4.98 Å². The number of rotatable bonds is 6. The lowest BCUT2D eigenvalue weighted by Crippen LogP contribution is -2.34. The molecule has 6 nitrogen and oxygen atoms in total. The molecule has 1 aromatic heterocycles. The van der Waals surface area contributed by atoms with Gasteiger partial charge in [0.15, 0.2) is 0 Å². The average molecular weight is 460 g/mol. The summed E-state index contributed by atoms with van der Waals surface area (Å²) in [5.41, 5.74) is 2.86. The van der Waals surface area contributed by atoms with Gasteiger partial charge in [-0.05, 0) is 69.2 Å². The van der Waals surface area contributed by atoms with E-state index in [9.17, 15) is 4.79 Å². The summed E-state index contributed by atoms with van der Waals surface area (Å²) in [6.45, 7) is 4.75. The molecule has 1 fully saturated rings. The maximum Gasteiger partial charge on any atom is 0.251 e. The third-order valence-electron chi connectivity index (χ3n) is 5.52. The highest BCUT2D eigenvalue weighted by atomic mass is 79.9. The van der Waals surface area contributed by atoms with E-state index >= 15 is 0 Å². The second-order valence-electron chi connectivity index (χ2n) is 8.13. The van der Waals surface area contributed by atoms with E-state index in [1.807, 2.05) is 57.2 Å². The quantitative estimate of drug-likeness (QED) is 0.672. The first kappa shape index (κ1) is 21.6. The van der Waals surface area contributed by atoms with Crippen molar-refractivity contribution >= 4 is 33.6 Å². The Morgan fingerprint density at radius 3 is 2.55 bits per heavy atom. The van der Waals surface area contributed by atoms with E-state index in [0.29, 0.717) is 23.5 Å². The lowest BCUT2D eigenvalue weighted by atomic mass is 9.86. The first-order valence-electron chi connectivity index (χ1n) is 10.2. The van der Waals surface area contributed by atoms with Crippen LogP contribution in [0.3, 0.4) is 0 Å². The minimum atomic E-state index is 0.00474. The van der Waals surface area contributed by atoms with Crippen LogP contribution in [-0.2, 0) is 0 Å². The van der Waals surface area contributed by atoms with E-state index in [4.69, 9.17) is 0 Å². The molecule has 0 atom stereocenters. The van der Waals surface area contributed by atoms with Crippen LogP contribution in [0.1, 0.15) is 47.2 Å². The van der Waals surface area contributed by atoms with Gasteiger partial charge in [0, 0.05) is 48.5 Å². The van der Waals surface area contributed by atoms with Crippen molar-refractivity contribution in [2.75, 3.05) is 30.9 Å². The van der Waals surface area contributed by atoms with Crippen molar-refractivity contribution in [1.29, 1.82) is 0 Å². The number of hydrogen-bond acceptors (Lipinski definition) is 5. The van der Waals surface area contributed by atoms with Gasteiger partial charge in [-0.3, -0.25) is 4.79 Å². The van der Waals surface area contributed by atoms with Crippen molar-refractivity contribution < 1.29 is 4.79 Å². The summed E-state index contributed by atoms with van der Waals surface area (Å²) in [7, 11) is 3.99. The molecule has 1 aliphatic carbocycles. The van der Waals surface area contributed by atoms with E-state index in [2.05, 4.69) is 36.5 Å². The fourth-order valence-corrected chi connectivity index (χ4v) is 4.02. The van der Waals surface area contributed by atoms with Crippen LogP contribution in [0.15, 0.2) is 28.9 Å². The minimum Gasteiger partial charge on any atom is -0.362 e. The Bertz CT molecular complexity index is 862. The first-order valence-corrected chi connectivity index (χ1v) is 10.9. The molecule has 1 heterocycles. The molecule has 2 N–H and O–H groups in total. The number of aromatic nitrogens is 2. The third kappa shape index (κ3) is 5.69. The summed E-state index contributed by atoms with van der Waals surface area (Å²) in [4.78, 5) is 23.5. The van der Waals surface area contributed by atoms with Crippen molar-refractivity contribution in [2.45, 2.75) is 45.6 Å². The molecule has 3 rings (SSSR count). The van der Waals surface area contributed by atoms with Crippen LogP contribution in [0.2, 0.25) is 0 Å². The molecular weight excluding hydrogens is 430 g/mol. The Morgan fingerprint density at radius 1 is 1.17 bits per heavy atom. The predicted octanol–water partition coefficient (Wildman–Crippen LogP) is 4.32.